The van der Waals surface area contributed by atoms with Crippen LogP contribution >= 0.6 is 0 Å². The molecular weight excluding hydrogens is 648 g/mol. The highest BCUT2D eigenvalue weighted by Gasteiger charge is 2.51. The van der Waals surface area contributed by atoms with Crippen LogP contribution in [0.25, 0.3) is 0 Å². The second-order valence-corrected chi connectivity index (χ2v) is 16.4. The predicted octanol–water partition coefficient (Wildman–Crippen LogP) is 2.44. The smallest absolute Gasteiger partial charge is 0.311 e. The third-order valence-corrected chi connectivity index (χ3v) is 11.7. The first-order chi connectivity index (χ1) is 23.2. The maximum absolute atomic E-state index is 14.1. The Bertz CT molecular complexity index is 1070. The lowest BCUT2D eigenvalue weighted by atomic mass is 9.77. The number of hydrogen-bond acceptors (Lipinski definition) is 13. The van der Waals surface area contributed by atoms with Crippen molar-refractivity contribution in [3.05, 3.63) is 0 Å². The standard InChI is InChI=1S/C37H70N2O11/c1-14-27-21(4)29(40)24(7)38-18-19(2)16-36(9,44)33(50-35-30(41)26(39(11)12)15-20(3)46-35)22(5)31(23(6)34(43)48-27)49-28-17-37(10,45-13)32(42)25(8)47-28/h19-33,35,38,40-42,44H,14-18H2,1-13H3/t19-,20-,21+,22+,23-,24-,25-,26+,27-,28+,29+,30+,31+,32+,33-,35+,36+,37+/m1/s1. The number of nitrogens with one attached hydrogen (secondary N) is 1. The molecule has 0 spiro atoms. The number of methoxy groups -OCH3 is 1. The maximum Gasteiger partial charge on any atom is 0.311 e. The number of rotatable bonds is 7. The Balaban J connectivity index is 2.12. The Labute approximate surface area is 300 Å². The summed E-state index contributed by atoms with van der Waals surface area (Å²) in [5, 5.41) is 49.5. The van der Waals surface area contributed by atoms with E-state index in [4.69, 9.17) is 28.4 Å². The molecule has 3 rings (SSSR count). The van der Waals surface area contributed by atoms with Crippen molar-refractivity contribution in [3.8, 4) is 0 Å². The van der Waals surface area contributed by atoms with E-state index in [1.807, 2.05) is 60.5 Å². The first-order valence-electron chi connectivity index (χ1n) is 18.7. The fourth-order valence-corrected chi connectivity index (χ4v) is 8.31. The number of cyclic esters (lactones) is 1. The molecule has 294 valence electrons. The maximum atomic E-state index is 14.1. The van der Waals surface area contributed by atoms with E-state index >= 15 is 0 Å². The largest absolute Gasteiger partial charge is 0.462 e. The minimum absolute atomic E-state index is 0.0629. The summed E-state index contributed by atoms with van der Waals surface area (Å²) in [6.07, 6.45) is -6.44. The normalized spacial score (nSPS) is 49.2. The summed E-state index contributed by atoms with van der Waals surface area (Å²) in [5.41, 5.74) is -2.48. The van der Waals surface area contributed by atoms with E-state index in [2.05, 4.69) is 5.32 Å². The van der Waals surface area contributed by atoms with E-state index in [1.165, 1.54) is 7.11 Å². The van der Waals surface area contributed by atoms with Crippen molar-refractivity contribution >= 4 is 5.97 Å². The minimum Gasteiger partial charge on any atom is -0.462 e. The van der Waals surface area contributed by atoms with E-state index in [9.17, 15) is 25.2 Å². The van der Waals surface area contributed by atoms with Crippen molar-refractivity contribution in [2.75, 3.05) is 27.7 Å². The zero-order valence-electron chi connectivity index (χ0n) is 32.9. The number of esters is 1. The molecule has 3 aliphatic rings. The molecule has 3 saturated heterocycles. The van der Waals surface area contributed by atoms with Crippen LogP contribution in [0.1, 0.15) is 94.9 Å². The van der Waals surface area contributed by atoms with Crippen molar-refractivity contribution in [2.45, 2.75) is 180 Å². The molecule has 0 aromatic carbocycles. The van der Waals surface area contributed by atoms with Crippen molar-refractivity contribution in [1.29, 1.82) is 0 Å². The van der Waals surface area contributed by atoms with E-state index in [0.717, 1.165) is 0 Å². The number of carbonyl (C=O) groups excluding carboxylic acids is 1. The molecule has 0 saturated carbocycles. The summed E-state index contributed by atoms with van der Waals surface area (Å²) in [4.78, 5) is 16.0. The number of aliphatic hydroxyl groups is 4. The average molecular weight is 719 g/mol. The van der Waals surface area contributed by atoms with Crippen molar-refractivity contribution in [2.24, 2.45) is 23.7 Å². The highest BCUT2D eigenvalue weighted by atomic mass is 16.7. The highest BCUT2D eigenvalue weighted by Crippen LogP contribution is 2.39. The van der Waals surface area contributed by atoms with E-state index < -0.39 is 84.3 Å². The molecule has 13 nitrogen and oxygen atoms in total. The first kappa shape index (κ1) is 43.4. The second-order valence-electron chi connectivity index (χ2n) is 16.4. The van der Waals surface area contributed by atoms with Crippen LogP contribution in [-0.2, 0) is 33.2 Å². The van der Waals surface area contributed by atoms with Gasteiger partial charge in [0.25, 0.3) is 0 Å². The average Bonchev–Trinajstić information content (AvgIpc) is 3.05. The number of hydrogen-bond donors (Lipinski definition) is 5. The quantitative estimate of drug-likeness (QED) is 0.244. The second kappa shape index (κ2) is 17.9. The molecule has 0 aromatic heterocycles. The van der Waals surface area contributed by atoms with E-state index in [0.29, 0.717) is 19.4 Å². The highest BCUT2D eigenvalue weighted by molar-refractivity contribution is 5.73. The van der Waals surface area contributed by atoms with Crippen LogP contribution in [0.2, 0.25) is 0 Å². The summed E-state index contributed by atoms with van der Waals surface area (Å²) in [5.74, 6) is -2.51. The Morgan fingerprint density at radius 2 is 1.58 bits per heavy atom. The van der Waals surface area contributed by atoms with Crippen LogP contribution in [-0.4, -0.2) is 144 Å². The number of ether oxygens (including phenoxy) is 6. The van der Waals surface area contributed by atoms with Gasteiger partial charge in [-0.1, -0.05) is 27.7 Å². The van der Waals surface area contributed by atoms with Crippen molar-refractivity contribution in [3.63, 3.8) is 0 Å². The van der Waals surface area contributed by atoms with Gasteiger partial charge in [-0.05, 0) is 87.4 Å². The van der Waals surface area contributed by atoms with Crippen LogP contribution in [0.15, 0.2) is 0 Å². The minimum atomic E-state index is -1.50. The van der Waals surface area contributed by atoms with Crippen LogP contribution in [0.5, 0.6) is 0 Å². The van der Waals surface area contributed by atoms with Crippen LogP contribution in [0.4, 0.5) is 0 Å². The molecule has 0 aromatic rings. The fraction of sp³-hybridized carbons (Fsp3) is 0.973. The lowest BCUT2D eigenvalue weighted by Crippen LogP contribution is -2.60. The van der Waals surface area contributed by atoms with Crippen LogP contribution in [0.3, 0.4) is 0 Å². The Morgan fingerprint density at radius 1 is 0.940 bits per heavy atom. The van der Waals surface area contributed by atoms with Gasteiger partial charge in [-0.3, -0.25) is 4.79 Å². The number of carbonyl (C=O) groups is 1. The zero-order chi connectivity index (χ0) is 37.9. The number of likely N-dealkylation sites (N-methyl/N-ethyl adjacent to an activating group) is 1. The van der Waals surface area contributed by atoms with Gasteiger partial charge in [-0.2, -0.15) is 0 Å². The first-order valence-corrected chi connectivity index (χ1v) is 18.7. The summed E-state index contributed by atoms with van der Waals surface area (Å²) in [7, 11) is 5.33. The Morgan fingerprint density at radius 3 is 2.16 bits per heavy atom. The molecule has 3 aliphatic heterocycles. The van der Waals surface area contributed by atoms with Gasteiger partial charge >= 0.3 is 5.97 Å². The van der Waals surface area contributed by atoms with Crippen LogP contribution < -0.4 is 5.32 Å². The SMILES string of the molecule is CC[C@H]1OC(=O)[C@H](C)[C@@H](O[C@H]2C[C@](C)(OC)[C@@H](O)[C@@H](C)O2)[C@H](C)[C@@H](O[C@@H]2O[C@H](C)C[C@H](N(C)C)[C@@H]2O)[C@@](C)(O)C[C@@H](C)CN[C@H](C)[C@@H](O)[C@H]1C. The molecule has 0 bridgehead atoms. The fourth-order valence-electron chi connectivity index (χ4n) is 8.31. The molecule has 0 amide bonds. The Kier molecular flexibility index (Phi) is 15.6. The van der Waals surface area contributed by atoms with Gasteiger partial charge in [0.1, 0.15) is 18.3 Å². The molecule has 0 aliphatic carbocycles. The molecule has 3 heterocycles. The van der Waals surface area contributed by atoms with E-state index in [1.54, 1.807) is 27.7 Å². The molecule has 50 heavy (non-hydrogen) atoms. The van der Waals surface area contributed by atoms with Gasteiger partial charge in [0.15, 0.2) is 12.6 Å². The van der Waals surface area contributed by atoms with Gasteiger partial charge in [0.2, 0.25) is 0 Å². The Hall–Kier alpha value is -0.970. The molecular formula is C37H70N2O11. The lowest BCUT2D eigenvalue weighted by molar-refractivity contribution is -0.317. The molecule has 3 fully saturated rings. The van der Waals surface area contributed by atoms with Gasteiger partial charge < -0.3 is 59.1 Å². The number of nitrogens with zero attached hydrogens (tertiary/aromatic N) is 1. The van der Waals surface area contributed by atoms with Gasteiger partial charge in [-0.15, -0.1) is 0 Å². The summed E-state index contributed by atoms with van der Waals surface area (Å²) >= 11 is 0. The summed E-state index contributed by atoms with van der Waals surface area (Å²) < 4.78 is 37.6. The molecule has 5 N–H and O–H groups in total. The van der Waals surface area contributed by atoms with Crippen LogP contribution in [0, 0.1) is 23.7 Å². The van der Waals surface area contributed by atoms with Crippen molar-refractivity contribution < 1.29 is 53.6 Å². The lowest BCUT2D eigenvalue weighted by Gasteiger charge is -2.48. The zero-order valence-corrected chi connectivity index (χ0v) is 32.9. The summed E-state index contributed by atoms with van der Waals surface area (Å²) in [6.45, 7) is 19.0. The number of aliphatic hydroxyl groups excluding tert-OH is 3. The van der Waals surface area contributed by atoms with E-state index in [-0.39, 0.29) is 42.9 Å². The molecule has 0 radical (unpaired) electrons. The third kappa shape index (κ3) is 10.2. The predicted molar refractivity (Wildman–Crippen MR) is 188 cm³/mol. The monoisotopic (exact) mass is 718 g/mol. The molecule has 0 unspecified atom stereocenters. The van der Waals surface area contributed by atoms with Gasteiger partial charge in [0.05, 0.1) is 47.6 Å². The van der Waals surface area contributed by atoms with Crippen molar-refractivity contribution in [1.82, 2.24) is 10.2 Å². The summed E-state index contributed by atoms with van der Waals surface area (Å²) in [6, 6.07) is -0.549. The topological polar surface area (TPSA) is 169 Å². The van der Waals surface area contributed by atoms with Gasteiger partial charge in [0, 0.05) is 37.5 Å². The molecule has 18 atom stereocenters. The van der Waals surface area contributed by atoms with Gasteiger partial charge in [-0.25, -0.2) is 0 Å². The third-order valence-electron chi connectivity index (χ3n) is 11.7. The molecule has 13 heteroatoms.